The number of rotatable bonds is 3. The fraction of sp³-hybridized carbons (Fsp3) is 0.400. The fourth-order valence-electron chi connectivity index (χ4n) is 2.55. The largest absolute Gasteiger partial charge is 0.370 e. The number of anilines is 2. The van der Waals surface area contributed by atoms with Crippen LogP contribution in [-0.4, -0.2) is 29.0 Å². The molecule has 2 aromatic heterocycles. The zero-order chi connectivity index (χ0) is 14.7. The van der Waals surface area contributed by atoms with E-state index in [1.807, 2.05) is 13.0 Å². The molecule has 0 aromatic carbocycles. The molecule has 3 heterocycles. The zero-order valence-corrected chi connectivity index (χ0v) is 12.8. The first-order chi connectivity index (χ1) is 10.2. The molecule has 1 saturated heterocycles. The Morgan fingerprint density at radius 2 is 2.14 bits per heavy atom. The molecule has 1 aliphatic rings. The summed E-state index contributed by atoms with van der Waals surface area (Å²) in [5, 5.41) is 5.61. The van der Waals surface area contributed by atoms with Crippen molar-refractivity contribution in [3.63, 3.8) is 0 Å². The van der Waals surface area contributed by atoms with Crippen molar-refractivity contribution in [2.75, 3.05) is 23.3 Å². The molecule has 0 radical (unpaired) electrons. The molecule has 1 aliphatic heterocycles. The van der Waals surface area contributed by atoms with Gasteiger partial charge in [-0.15, -0.1) is 11.3 Å². The molecule has 1 fully saturated rings. The number of aryl methyl sites for hydroxylation is 1. The standard InChI is InChI=1S/C15H18N4OS/c1-11-17-13(10-21-11)15(20)18-12-9-16-6-5-14(12)19-7-3-2-4-8-19/h5-6,9-10H,2-4,7-8H2,1H3,(H,18,20). The summed E-state index contributed by atoms with van der Waals surface area (Å²) in [7, 11) is 0. The molecule has 2 aromatic rings. The van der Waals surface area contributed by atoms with E-state index in [1.165, 1.54) is 30.6 Å². The van der Waals surface area contributed by atoms with Gasteiger partial charge in [-0.1, -0.05) is 0 Å². The summed E-state index contributed by atoms with van der Waals surface area (Å²) in [5.74, 6) is -0.175. The highest BCUT2D eigenvalue weighted by Gasteiger charge is 2.17. The molecule has 0 bridgehead atoms. The zero-order valence-electron chi connectivity index (χ0n) is 12.0. The third kappa shape index (κ3) is 3.21. The number of nitrogens with zero attached hydrogens (tertiary/aromatic N) is 3. The molecule has 1 amide bonds. The van der Waals surface area contributed by atoms with E-state index < -0.39 is 0 Å². The van der Waals surface area contributed by atoms with E-state index in [9.17, 15) is 4.79 Å². The van der Waals surface area contributed by atoms with Crippen LogP contribution in [0.3, 0.4) is 0 Å². The normalized spacial score (nSPS) is 15.0. The highest BCUT2D eigenvalue weighted by Crippen LogP contribution is 2.27. The number of nitrogens with one attached hydrogen (secondary N) is 1. The minimum absolute atomic E-state index is 0.175. The molecule has 6 heteroatoms. The van der Waals surface area contributed by atoms with Gasteiger partial charge in [-0.3, -0.25) is 9.78 Å². The molecule has 21 heavy (non-hydrogen) atoms. The lowest BCUT2D eigenvalue weighted by Crippen LogP contribution is -2.30. The second kappa shape index (κ2) is 6.22. The lowest BCUT2D eigenvalue weighted by atomic mass is 10.1. The van der Waals surface area contributed by atoms with Crippen LogP contribution in [0.2, 0.25) is 0 Å². The van der Waals surface area contributed by atoms with Gasteiger partial charge in [-0.2, -0.15) is 0 Å². The molecular formula is C15H18N4OS. The van der Waals surface area contributed by atoms with Gasteiger partial charge < -0.3 is 10.2 Å². The Labute approximate surface area is 128 Å². The summed E-state index contributed by atoms with van der Waals surface area (Å²) in [5.41, 5.74) is 2.27. The maximum Gasteiger partial charge on any atom is 0.275 e. The van der Waals surface area contributed by atoms with E-state index in [2.05, 4.69) is 20.2 Å². The predicted octanol–water partition coefficient (Wildman–Crippen LogP) is 3.09. The molecule has 0 aliphatic carbocycles. The van der Waals surface area contributed by atoms with Gasteiger partial charge in [0.2, 0.25) is 0 Å². The van der Waals surface area contributed by atoms with E-state index in [4.69, 9.17) is 0 Å². The van der Waals surface area contributed by atoms with Crippen molar-refractivity contribution in [1.82, 2.24) is 9.97 Å². The second-order valence-corrected chi connectivity index (χ2v) is 6.21. The van der Waals surface area contributed by atoms with Crippen LogP contribution in [0.1, 0.15) is 34.8 Å². The number of carbonyl (C=O) groups excluding carboxylic acids is 1. The van der Waals surface area contributed by atoms with E-state index in [0.717, 1.165) is 29.5 Å². The summed E-state index contributed by atoms with van der Waals surface area (Å²) in [6.07, 6.45) is 7.15. The lowest BCUT2D eigenvalue weighted by Gasteiger charge is -2.30. The van der Waals surface area contributed by atoms with Crippen molar-refractivity contribution in [3.05, 3.63) is 34.5 Å². The smallest absolute Gasteiger partial charge is 0.275 e. The Morgan fingerprint density at radius 1 is 1.33 bits per heavy atom. The maximum atomic E-state index is 12.2. The Hall–Kier alpha value is -1.95. The van der Waals surface area contributed by atoms with Crippen molar-refractivity contribution in [2.45, 2.75) is 26.2 Å². The van der Waals surface area contributed by atoms with Gasteiger partial charge in [-0.25, -0.2) is 4.98 Å². The van der Waals surface area contributed by atoms with E-state index >= 15 is 0 Å². The Kier molecular flexibility index (Phi) is 4.15. The molecule has 1 N–H and O–H groups in total. The van der Waals surface area contributed by atoms with Crippen molar-refractivity contribution < 1.29 is 4.79 Å². The average molecular weight is 302 g/mol. The van der Waals surface area contributed by atoms with E-state index in [0.29, 0.717) is 5.69 Å². The van der Waals surface area contributed by atoms with Gasteiger partial charge in [0.1, 0.15) is 5.69 Å². The Balaban J connectivity index is 1.80. The molecule has 110 valence electrons. The highest BCUT2D eigenvalue weighted by atomic mass is 32.1. The van der Waals surface area contributed by atoms with Gasteiger partial charge >= 0.3 is 0 Å². The molecule has 3 rings (SSSR count). The lowest BCUT2D eigenvalue weighted by molar-refractivity contribution is 0.102. The molecule has 0 unspecified atom stereocenters. The predicted molar refractivity (Wildman–Crippen MR) is 85.1 cm³/mol. The molecular weight excluding hydrogens is 284 g/mol. The quantitative estimate of drug-likeness (QED) is 0.946. The second-order valence-electron chi connectivity index (χ2n) is 5.15. The van der Waals surface area contributed by atoms with Gasteiger partial charge in [0, 0.05) is 24.7 Å². The Bertz CT molecular complexity index is 634. The number of pyridine rings is 1. The third-order valence-corrected chi connectivity index (χ3v) is 4.37. The first kappa shape index (κ1) is 14.0. The summed E-state index contributed by atoms with van der Waals surface area (Å²) in [6.45, 7) is 3.95. The summed E-state index contributed by atoms with van der Waals surface area (Å²) in [6, 6.07) is 1.97. The van der Waals surface area contributed by atoms with E-state index in [-0.39, 0.29) is 5.91 Å². The average Bonchev–Trinajstić information content (AvgIpc) is 2.95. The molecule has 5 nitrogen and oxygen atoms in total. The van der Waals surface area contributed by atoms with Crippen LogP contribution in [0.4, 0.5) is 11.4 Å². The summed E-state index contributed by atoms with van der Waals surface area (Å²) < 4.78 is 0. The monoisotopic (exact) mass is 302 g/mol. The van der Waals surface area contributed by atoms with Crippen molar-refractivity contribution in [2.24, 2.45) is 0 Å². The van der Waals surface area contributed by atoms with Crippen LogP contribution < -0.4 is 10.2 Å². The number of hydrogen-bond donors (Lipinski definition) is 1. The summed E-state index contributed by atoms with van der Waals surface area (Å²) >= 11 is 1.48. The Morgan fingerprint density at radius 3 is 2.86 bits per heavy atom. The summed E-state index contributed by atoms with van der Waals surface area (Å²) in [4.78, 5) is 22.9. The van der Waals surface area contributed by atoms with Crippen LogP contribution >= 0.6 is 11.3 Å². The van der Waals surface area contributed by atoms with Crippen LogP contribution in [0.5, 0.6) is 0 Å². The SMILES string of the molecule is Cc1nc(C(=O)Nc2cnccc2N2CCCCC2)cs1. The van der Waals surface area contributed by atoms with Crippen molar-refractivity contribution in [3.8, 4) is 0 Å². The van der Waals surface area contributed by atoms with Gasteiger partial charge in [0.15, 0.2) is 0 Å². The van der Waals surface area contributed by atoms with Crippen LogP contribution in [0, 0.1) is 6.92 Å². The van der Waals surface area contributed by atoms with Gasteiger partial charge in [-0.05, 0) is 32.3 Å². The molecule has 0 atom stereocenters. The van der Waals surface area contributed by atoms with Crippen LogP contribution in [-0.2, 0) is 0 Å². The minimum Gasteiger partial charge on any atom is -0.370 e. The minimum atomic E-state index is -0.175. The van der Waals surface area contributed by atoms with Crippen LogP contribution in [0.25, 0.3) is 0 Å². The van der Waals surface area contributed by atoms with Crippen LogP contribution in [0.15, 0.2) is 23.8 Å². The maximum absolute atomic E-state index is 12.2. The molecule has 0 spiro atoms. The van der Waals surface area contributed by atoms with Crippen molar-refractivity contribution in [1.29, 1.82) is 0 Å². The number of aromatic nitrogens is 2. The van der Waals surface area contributed by atoms with Crippen molar-refractivity contribution >= 4 is 28.6 Å². The highest BCUT2D eigenvalue weighted by molar-refractivity contribution is 7.09. The number of hydrogen-bond acceptors (Lipinski definition) is 5. The number of carbonyl (C=O) groups is 1. The number of thiazole rings is 1. The number of amides is 1. The third-order valence-electron chi connectivity index (χ3n) is 3.59. The topological polar surface area (TPSA) is 58.1 Å². The number of piperidine rings is 1. The van der Waals surface area contributed by atoms with Gasteiger partial charge in [0.05, 0.1) is 22.6 Å². The van der Waals surface area contributed by atoms with Gasteiger partial charge in [0.25, 0.3) is 5.91 Å². The fourth-order valence-corrected chi connectivity index (χ4v) is 3.14. The first-order valence-electron chi connectivity index (χ1n) is 7.16. The molecule has 0 saturated carbocycles. The first-order valence-corrected chi connectivity index (χ1v) is 8.04. The van der Waals surface area contributed by atoms with E-state index in [1.54, 1.807) is 17.8 Å².